The fourth-order valence-electron chi connectivity index (χ4n) is 1.36. The molecule has 0 aliphatic rings. The van der Waals surface area contributed by atoms with Crippen LogP contribution >= 0.6 is 0 Å². The fourth-order valence-corrected chi connectivity index (χ4v) is 1.36. The zero-order valence-corrected chi connectivity index (χ0v) is 11.9. The third kappa shape index (κ3) is 5.23. The van der Waals surface area contributed by atoms with Crippen molar-refractivity contribution in [3.05, 3.63) is 29.6 Å². The highest BCUT2D eigenvalue weighted by molar-refractivity contribution is 5.87. The number of carboxylic acid groups (broad SMARTS) is 1. The second kappa shape index (κ2) is 7.44. The van der Waals surface area contributed by atoms with Gasteiger partial charge in [0.05, 0.1) is 17.8 Å². The Morgan fingerprint density at radius 2 is 2.10 bits per heavy atom. The molecule has 7 heteroatoms. The molecule has 7 nitrogen and oxygen atoms in total. The molecule has 1 rings (SSSR count). The number of nitrogens with zero attached hydrogens (tertiary/aromatic N) is 2. The molecule has 0 saturated heterocycles. The summed E-state index contributed by atoms with van der Waals surface area (Å²) in [6.45, 7) is 2.71. The predicted molar refractivity (Wildman–Crippen MR) is 74.6 cm³/mol. The third-order valence-corrected chi connectivity index (χ3v) is 2.93. The Kier molecular flexibility index (Phi) is 5.92. The SMILES string of the molecule is CC(CNC(=O)NCc1cc(C(=O)O)ccn1)N(C)C. The molecule has 0 aliphatic carbocycles. The average Bonchev–Trinajstić information content (AvgIpc) is 2.42. The summed E-state index contributed by atoms with van der Waals surface area (Å²) in [6, 6.07) is 2.77. The first-order valence-corrected chi connectivity index (χ1v) is 6.26. The minimum atomic E-state index is -1.02. The van der Waals surface area contributed by atoms with Crippen LogP contribution in [0.15, 0.2) is 18.3 Å². The van der Waals surface area contributed by atoms with Gasteiger partial charge in [-0.15, -0.1) is 0 Å². The summed E-state index contributed by atoms with van der Waals surface area (Å²) in [4.78, 5) is 28.4. The van der Waals surface area contributed by atoms with E-state index in [1.807, 2.05) is 25.9 Å². The highest BCUT2D eigenvalue weighted by Crippen LogP contribution is 2.01. The largest absolute Gasteiger partial charge is 0.478 e. The quantitative estimate of drug-likeness (QED) is 0.706. The summed E-state index contributed by atoms with van der Waals surface area (Å²) in [6.07, 6.45) is 1.41. The van der Waals surface area contributed by atoms with Crippen LogP contribution in [0.2, 0.25) is 0 Å². The Morgan fingerprint density at radius 1 is 1.40 bits per heavy atom. The molecule has 1 unspecified atom stereocenters. The van der Waals surface area contributed by atoms with Gasteiger partial charge in [0.25, 0.3) is 0 Å². The van der Waals surface area contributed by atoms with Crippen molar-refractivity contribution < 1.29 is 14.7 Å². The fraction of sp³-hybridized carbons (Fsp3) is 0.462. The Hall–Kier alpha value is -2.15. The average molecular weight is 280 g/mol. The van der Waals surface area contributed by atoms with Crippen LogP contribution in [0.3, 0.4) is 0 Å². The molecule has 0 saturated carbocycles. The molecule has 1 heterocycles. The van der Waals surface area contributed by atoms with Crippen LogP contribution < -0.4 is 10.6 Å². The van der Waals surface area contributed by atoms with Crippen molar-refractivity contribution in [2.24, 2.45) is 0 Å². The predicted octanol–water partition coefficient (Wildman–Crippen LogP) is 0.529. The number of rotatable bonds is 6. The lowest BCUT2D eigenvalue weighted by atomic mass is 10.2. The van der Waals surface area contributed by atoms with Crippen molar-refractivity contribution in [1.29, 1.82) is 0 Å². The minimum absolute atomic E-state index is 0.151. The van der Waals surface area contributed by atoms with Gasteiger partial charge in [-0.05, 0) is 33.2 Å². The van der Waals surface area contributed by atoms with Gasteiger partial charge in [0, 0.05) is 18.8 Å². The standard InChI is InChI=1S/C13H20N4O3/c1-9(17(2)3)7-15-13(20)16-8-11-6-10(12(18)19)4-5-14-11/h4-6,9H,7-8H2,1-3H3,(H,18,19)(H2,15,16,20). The molecule has 0 bridgehead atoms. The van der Waals surface area contributed by atoms with Crippen LogP contribution in [0.4, 0.5) is 4.79 Å². The van der Waals surface area contributed by atoms with Gasteiger partial charge in [0.15, 0.2) is 0 Å². The summed E-state index contributed by atoms with van der Waals surface area (Å²) >= 11 is 0. The summed E-state index contributed by atoms with van der Waals surface area (Å²) in [7, 11) is 3.87. The van der Waals surface area contributed by atoms with Crippen LogP contribution in [-0.2, 0) is 6.54 Å². The monoisotopic (exact) mass is 280 g/mol. The van der Waals surface area contributed by atoms with E-state index in [-0.39, 0.29) is 24.2 Å². The number of aromatic nitrogens is 1. The molecule has 0 fully saturated rings. The smallest absolute Gasteiger partial charge is 0.335 e. The van der Waals surface area contributed by atoms with Crippen molar-refractivity contribution in [1.82, 2.24) is 20.5 Å². The first-order chi connectivity index (χ1) is 9.40. The first kappa shape index (κ1) is 15.9. The van der Waals surface area contributed by atoms with Crippen LogP contribution in [-0.4, -0.2) is 53.7 Å². The molecular weight excluding hydrogens is 260 g/mol. The number of hydrogen-bond acceptors (Lipinski definition) is 4. The molecule has 20 heavy (non-hydrogen) atoms. The second-order valence-electron chi connectivity index (χ2n) is 4.72. The molecule has 3 N–H and O–H groups in total. The number of carbonyl (C=O) groups excluding carboxylic acids is 1. The number of likely N-dealkylation sites (N-methyl/N-ethyl adjacent to an activating group) is 1. The van der Waals surface area contributed by atoms with Crippen LogP contribution in [0, 0.1) is 0 Å². The number of nitrogens with one attached hydrogen (secondary N) is 2. The normalized spacial score (nSPS) is 12.0. The molecule has 1 aromatic heterocycles. The summed E-state index contributed by atoms with van der Waals surface area (Å²) in [5.41, 5.74) is 0.652. The van der Waals surface area contributed by atoms with Crippen molar-refractivity contribution in [3.63, 3.8) is 0 Å². The maximum absolute atomic E-state index is 11.6. The van der Waals surface area contributed by atoms with Gasteiger partial charge in [-0.3, -0.25) is 4.98 Å². The van der Waals surface area contributed by atoms with Crippen LogP contribution in [0.25, 0.3) is 0 Å². The number of amides is 2. The minimum Gasteiger partial charge on any atom is -0.478 e. The first-order valence-electron chi connectivity index (χ1n) is 6.26. The molecule has 1 aromatic rings. The maximum atomic E-state index is 11.6. The Labute approximate surface area is 118 Å². The summed E-state index contributed by atoms with van der Waals surface area (Å²) in [5.74, 6) is -1.02. The number of hydrogen-bond donors (Lipinski definition) is 3. The lowest BCUT2D eigenvalue weighted by Gasteiger charge is -2.20. The Morgan fingerprint density at radius 3 is 2.70 bits per heavy atom. The molecule has 1 atom stereocenters. The maximum Gasteiger partial charge on any atom is 0.335 e. The van der Waals surface area contributed by atoms with E-state index in [0.29, 0.717) is 12.2 Å². The van der Waals surface area contributed by atoms with E-state index >= 15 is 0 Å². The zero-order valence-electron chi connectivity index (χ0n) is 11.9. The van der Waals surface area contributed by atoms with Crippen molar-refractivity contribution in [2.75, 3.05) is 20.6 Å². The van der Waals surface area contributed by atoms with Gasteiger partial charge in [-0.2, -0.15) is 0 Å². The molecular formula is C13H20N4O3. The molecule has 110 valence electrons. The number of pyridine rings is 1. The van der Waals surface area contributed by atoms with Gasteiger partial charge < -0.3 is 20.6 Å². The summed E-state index contributed by atoms with van der Waals surface area (Å²) in [5, 5.41) is 14.2. The number of carbonyl (C=O) groups is 2. The highest BCUT2D eigenvalue weighted by Gasteiger charge is 2.08. The molecule has 0 aromatic carbocycles. The number of aromatic carboxylic acids is 1. The molecule has 2 amide bonds. The molecule has 0 aliphatic heterocycles. The van der Waals surface area contributed by atoms with Gasteiger partial charge >= 0.3 is 12.0 Å². The van der Waals surface area contributed by atoms with E-state index in [4.69, 9.17) is 5.11 Å². The van der Waals surface area contributed by atoms with E-state index in [1.54, 1.807) is 0 Å². The van der Waals surface area contributed by atoms with Crippen molar-refractivity contribution in [2.45, 2.75) is 19.5 Å². The number of carboxylic acids is 1. The zero-order chi connectivity index (χ0) is 15.1. The van der Waals surface area contributed by atoms with E-state index in [0.717, 1.165) is 0 Å². The Balaban J connectivity index is 2.41. The highest BCUT2D eigenvalue weighted by atomic mass is 16.4. The van der Waals surface area contributed by atoms with Gasteiger partial charge in [0.1, 0.15) is 0 Å². The van der Waals surface area contributed by atoms with E-state index in [1.165, 1.54) is 18.3 Å². The number of urea groups is 1. The Bertz CT molecular complexity index is 476. The van der Waals surface area contributed by atoms with Crippen molar-refractivity contribution in [3.8, 4) is 0 Å². The summed E-state index contributed by atoms with van der Waals surface area (Å²) < 4.78 is 0. The second-order valence-corrected chi connectivity index (χ2v) is 4.72. The van der Waals surface area contributed by atoms with Gasteiger partial charge in [-0.25, -0.2) is 9.59 Å². The van der Waals surface area contributed by atoms with Gasteiger partial charge in [-0.1, -0.05) is 0 Å². The third-order valence-electron chi connectivity index (χ3n) is 2.93. The lowest BCUT2D eigenvalue weighted by Crippen LogP contribution is -2.42. The van der Waals surface area contributed by atoms with Crippen LogP contribution in [0.1, 0.15) is 23.0 Å². The van der Waals surface area contributed by atoms with Crippen molar-refractivity contribution >= 4 is 12.0 Å². The topological polar surface area (TPSA) is 94.6 Å². The van der Waals surface area contributed by atoms with Gasteiger partial charge in [0.2, 0.25) is 0 Å². The lowest BCUT2D eigenvalue weighted by molar-refractivity contribution is 0.0696. The molecule has 0 spiro atoms. The van der Waals surface area contributed by atoms with E-state index in [9.17, 15) is 9.59 Å². The van der Waals surface area contributed by atoms with E-state index in [2.05, 4.69) is 15.6 Å². The van der Waals surface area contributed by atoms with Crippen LogP contribution in [0.5, 0.6) is 0 Å². The molecule has 0 radical (unpaired) electrons. The van der Waals surface area contributed by atoms with E-state index < -0.39 is 5.97 Å².